The van der Waals surface area contributed by atoms with Crippen LogP contribution in [0.4, 0.5) is 5.69 Å². The minimum absolute atomic E-state index is 0.573. The van der Waals surface area contributed by atoms with Crippen molar-refractivity contribution < 1.29 is 0 Å². The van der Waals surface area contributed by atoms with Gasteiger partial charge in [-0.15, -0.1) is 0 Å². The average Bonchev–Trinajstić information content (AvgIpc) is 3.26. The summed E-state index contributed by atoms with van der Waals surface area (Å²) in [6.07, 6.45) is 2.45. The Morgan fingerprint density at radius 2 is 1.70 bits per heavy atom. The third-order valence-corrected chi connectivity index (χ3v) is 4.32. The van der Waals surface area contributed by atoms with E-state index in [-0.39, 0.29) is 0 Å². The Morgan fingerprint density at radius 3 is 2.45 bits per heavy atom. The first kappa shape index (κ1) is 13.5. The van der Waals surface area contributed by atoms with Gasteiger partial charge in [-0.2, -0.15) is 0 Å². The van der Waals surface area contributed by atoms with Gasteiger partial charge in [-0.1, -0.05) is 42.1 Å². The molecule has 1 aliphatic rings. The monoisotopic (exact) mass is 300 g/mol. The fourth-order valence-electron chi connectivity index (χ4n) is 1.85. The van der Waals surface area contributed by atoms with Crippen LogP contribution in [0.15, 0.2) is 64.4 Å². The maximum atomic E-state index is 5.35. The number of nitrogens with one attached hydrogen (secondary N) is 2. The van der Waals surface area contributed by atoms with Crippen LogP contribution >= 0.6 is 24.0 Å². The first-order valence-electron chi connectivity index (χ1n) is 6.71. The molecule has 102 valence electrons. The zero-order valence-electron chi connectivity index (χ0n) is 11.0. The molecule has 0 heterocycles. The van der Waals surface area contributed by atoms with E-state index in [0.29, 0.717) is 11.2 Å². The van der Waals surface area contributed by atoms with E-state index in [0.717, 1.165) is 5.69 Å². The molecule has 0 atom stereocenters. The molecule has 0 aromatic heterocycles. The van der Waals surface area contributed by atoms with Gasteiger partial charge in [0.15, 0.2) is 5.11 Å². The van der Waals surface area contributed by atoms with Crippen LogP contribution in [-0.4, -0.2) is 11.2 Å². The molecule has 0 radical (unpaired) electrons. The summed E-state index contributed by atoms with van der Waals surface area (Å²) >= 11 is 7.09. The second-order valence-corrected chi connectivity index (χ2v) is 6.31. The van der Waals surface area contributed by atoms with Crippen molar-refractivity contribution in [3.05, 3.63) is 54.6 Å². The van der Waals surface area contributed by atoms with Gasteiger partial charge in [-0.05, 0) is 49.3 Å². The van der Waals surface area contributed by atoms with Crippen molar-refractivity contribution in [3.63, 3.8) is 0 Å². The van der Waals surface area contributed by atoms with Gasteiger partial charge in [0.05, 0.1) is 5.69 Å². The largest absolute Gasteiger partial charge is 0.360 e. The molecule has 1 saturated carbocycles. The van der Waals surface area contributed by atoms with E-state index in [2.05, 4.69) is 47.0 Å². The summed E-state index contributed by atoms with van der Waals surface area (Å²) in [6, 6.07) is 19.2. The molecule has 0 unspecified atom stereocenters. The number of benzene rings is 2. The van der Waals surface area contributed by atoms with Gasteiger partial charge in [0.2, 0.25) is 0 Å². The highest BCUT2D eigenvalue weighted by Crippen LogP contribution is 2.33. The molecule has 2 nitrogen and oxygen atoms in total. The van der Waals surface area contributed by atoms with E-state index in [9.17, 15) is 0 Å². The van der Waals surface area contributed by atoms with Crippen LogP contribution in [0.3, 0.4) is 0 Å². The Hall–Kier alpha value is -1.52. The van der Waals surface area contributed by atoms with Gasteiger partial charge in [0.25, 0.3) is 0 Å². The van der Waals surface area contributed by atoms with E-state index in [1.807, 2.05) is 18.2 Å². The zero-order valence-corrected chi connectivity index (χ0v) is 12.6. The summed E-state index contributed by atoms with van der Waals surface area (Å²) in [6.45, 7) is 0. The molecule has 1 aliphatic carbocycles. The van der Waals surface area contributed by atoms with E-state index in [1.54, 1.807) is 11.8 Å². The molecule has 2 N–H and O–H groups in total. The first-order valence-corrected chi connectivity index (χ1v) is 7.93. The summed E-state index contributed by atoms with van der Waals surface area (Å²) in [7, 11) is 0. The van der Waals surface area contributed by atoms with Crippen LogP contribution < -0.4 is 10.6 Å². The lowest BCUT2D eigenvalue weighted by Crippen LogP contribution is -2.30. The predicted octanol–water partition coefficient (Wildman–Crippen LogP) is 4.29. The molecule has 2 aromatic rings. The second-order valence-electron chi connectivity index (χ2n) is 4.78. The minimum atomic E-state index is 0.573. The van der Waals surface area contributed by atoms with Crippen molar-refractivity contribution in [1.29, 1.82) is 0 Å². The molecule has 20 heavy (non-hydrogen) atoms. The summed E-state index contributed by atoms with van der Waals surface area (Å²) in [5.41, 5.74) is 1.06. The molecule has 4 heteroatoms. The fraction of sp³-hybridized carbons (Fsp3) is 0.188. The van der Waals surface area contributed by atoms with Gasteiger partial charge in [0.1, 0.15) is 0 Å². The highest BCUT2D eigenvalue weighted by atomic mass is 32.2. The van der Waals surface area contributed by atoms with Crippen molar-refractivity contribution in [2.45, 2.75) is 28.7 Å². The first-order chi connectivity index (χ1) is 9.81. The Labute approximate surface area is 129 Å². The topological polar surface area (TPSA) is 24.1 Å². The van der Waals surface area contributed by atoms with Crippen LogP contribution in [0.25, 0.3) is 0 Å². The summed E-state index contributed by atoms with van der Waals surface area (Å²) in [4.78, 5) is 2.40. The van der Waals surface area contributed by atoms with Gasteiger partial charge >= 0.3 is 0 Å². The van der Waals surface area contributed by atoms with Crippen LogP contribution in [0.5, 0.6) is 0 Å². The third-order valence-electron chi connectivity index (χ3n) is 3.02. The smallest absolute Gasteiger partial charge is 0.171 e. The second kappa shape index (κ2) is 6.29. The van der Waals surface area contributed by atoms with Crippen molar-refractivity contribution in [2.75, 3.05) is 5.32 Å². The molecule has 0 aliphatic heterocycles. The van der Waals surface area contributed by atoms with Crippen LogP contribution in [-0.2, 0) is 0 Å². The van der Waals surface area contributed by atoms with E-state index >= 15 is 0 Å². The predicted molar refractivity (Wildman–Crippen MR) is 89.4 cm³/mol. The Morgan fingerprint density at radius 1 is 1.00 bits per heavy atom. The molecule has 2 aromatic carbocycles. The fourth-order valence-corrected chi connectivity index (χ4v) is 3.05. The lowest BCUT2D eigenvalue weighted by atomic mass is 10.3. The number of thiocarbonyl (C=S) groups is 1. The minimum Gasteiger partial charge on any atom is -0.360 e. The number of anilines is 1. The maximum Gasteiger partial charge on any atom is 0.171 e. The van der Waals surface area contributed by atoms with Crippen LogP contribution in [0.2, 0.25) is 0 Å². The molecule has 0 saturated heterocycles. The highest BCUT2D eigenvalue weighted by molar-refractivity contribution is 7.99. The molecule has 1 fully saturated rings. The van der Waals surface area contributed by atoms with Crippen molar-refractivity contribution in [1.82, 2.24) is 5.32 Å². The van der Waals surface area contributed by atoms with E-state index in [1.165, 1.54) is 22.6 Å². The molecule has 0 bridgehead atoms. The molecule has 0 amide bonds. The number of para-hydroxylation sites is 1. The van der Waals surface area contributed by atoms with Gasteiger partial charge < -0.3 is 10.6 Å². The Kier molecular flexibility index (Phi) is 4.23. The van der Waals surface area contributed by atoms with Crippen LogP contribution in [0.1, 0.15) is 12.8 Å². The lowest BCUT2D eigenvalue weighted by molar-refractivity contribution is 0.919. The normalized spacial score (nSPS) is 13.8. The van der Waals surface area contributed by atoms with Gasteiger partial charge in [-0.3, -0.25) is 0 Å². The zero-order chi connectivity index (χ0) is 13.8. The third kappa shape index (κ3) is 3.74. The number of rotatable bonds is 4. The summed E-state index contributed by atoms with van der Waals surface area (Å²) < 4.78 is 0. The Balaban J connectivity index is 1.72. The van der Waals surface area contributed by atoms with Crippen LogP contribution in [0, 0.1) is 0 Å². The highest BCUT2D eigenvalue weighted by Gasteiger charge is 2.21. The number of hydrogen-bond acceptors (Lipinski definition) is 2. The lowest BCUT2D eigenvalue weighted by Gasteiger charge is -2.13. The molecular weight excluding hydrogens is 284 g/mol. The molecular formula is C16H16N2S2. The SMILES string of the molecule is S=C(Nc1ccccc1Sc1ccccc1)NC1CC1. The standard InChI is InChI=1S/C16H16N2S2/c19-16(17-12-10-11-12)18-14-8-4-5-9-15(14)20-13-6-2-1-3-7-13/h1-9,12H,10-11H2,(H2,17,18,19). The van der Waals surface area contributed by atoms with E-state index in [4.69, 9.17) is 12.2 Å². The quantitative estimate of drug-likeness (QED) is 0.823. The molecule has 0 spiro atoms. The summed E-state index contributed by atoms with van der Waals surface area (Å²) in [5, 5.41) is 7.32. The average molecular weight is 300 g/mol. The van der Waals surface area contributed by atoms with Crippen molar-refractivity contribution >= 4 is 34.8 Å². The molecule has 3 rings (SSSR count). The number of hydrogen-bond donors (Lipinski definition) is 2. The van der Waals surface area contributed by atoms with Crippen molar-refractivity contribution in [2.24, 2.45) is 0 Å². The summed E-state index contributed by atoms with van der Waals surface area (Å²) in [5.74, 6) is 0. The Bertz CT molecular complexity index is 594. The maximum absolute atomic E-state index is 5.35. The van der Waals surface area contributed by atoms with E-state index < -0.39 is 0 Å². The van der Waals surface area contributed by atoms with Gasteiger partial charge in [-0.25, -0.2) is 0 Å². The van der Waals surface area contributed by atoms with Crippen molar-refractivity contribution in [3.8, 4) is 0 Å². The van der Waals surface area contributed by atoms with Gasteiger partial charge in [0, 0.05) is 15.8 Å².